The fourth-order valence-corrected chi connectivity index (χ4v) is 4.22. The van der Waals surface area contributed by atoms with E-state index in [-0.39, 0.29) is 6.04 Å². The molecule has 1 aliphatic carbocycles. The zero-order valence-electron chi connectivity index (χ0n) is 11.9. The molecular formula is C13H23N3O2S. The van der Waals surface area contributed by atoms with Crippen molar-refractivity contribution in [1.29, 1.82) is 0 Å². The van der Waals surface area contributed by atoms with Crippen LogP contribution < -0.4 is 5.32 Å². The maximum Gasteiger partial charge on any atom is 0.244 e. The zero-order valence-corrected chi connectivity index (χ0v) is 12.7. The Bertz CT molecular complexity index is 530. The van der Waals surface area contributed by atoms with Crippen molar-refractivity contribution in [3.8, 4) is 0 Å². The lowest BCUT2D eigenvalue weighted by Gasteiger charge is -2.22. The molecule has 0 aliphatic heterocycles. The minimum atomic E-state index is -3.36. The van der Waals surface area contributed by atoms with E-state index in [2.05, 4.69) is 5.32 Å². The Kier molecular flexibility index (Phi) is 4.32. The molecule has 2 rings (SSSR count). The summed E-state index contributed by atoms with van der Waals surface area (Å²) in [5.74, 6) is 0. The van der Waals surface area contributed by atoms with Gasteiger partial charge in [0, 0.05) is 38.6 Å². The van der Waals surface area contributed by atoms with Crippen LogP contribution in [0.5, 0.6) is 0 Å². The number of nitrogens with zero attached hydrogens (tertiary/aromatic N) is 2. The van der Waals surface area contributed by atoms with Crippen molar-refractivity contribution < 1.29 is 8.42 Å². The summed E-state index contributed by atoms with van der Waals surface area (Å²) in [5, 5.41) is 3.04. The molecule has 0 atom stereocenters. The lowest BCUT2D eigenvalue weighted by Crippen LogP contribution is -2.35. The van der Waals surface area contributed by atoms with Crippen LogP contribution in [-0.4, -0.2) is 37.4 Å². The monoisotopic (exact) mass is 285 g/mol. The van der Waals surface area contributed by atoms with Gasteiger partial charge in [0.25, 0.3) is 0 Å². The Labute approximate surface area is 115 Å². The minimum absolute atomic E-state index is 0.165. The van der Waals surface area contributed by atoms with Crippen LogP contribution in [0.3, 0.4) is 0 Å². The zero-order chi connectivity index (χ0) is 14.0. The second-order valence-electron chi connectivity index (χ2n) is 5.27. The number of sulfonamides is 1. The standard InChI is InChI=1S/C13H23N3O2S/c1-14-9-12-8-13(10-15(12)2)19(17,18)16(3)11-6-4-5-7-11/h8,10-11,14H,4-7,9H2,1-3H3. The maximum absolute atomic E-state index is 12.6. The number of nitrogens with one attached hydrogen (secondary N) is 1. The molecule has 0 radical (unpaired) electrons. The Balaban J connectivity index is 2.25. The van der Waals surface area contributed by atoms with Crippen LogP contribution in [0, 0.1) is 0 Å². The predicted molar refractivity (Wildman–Crippen MR) is 75.4 cm³/mol. The summed E-state index contributed by atoms with van der Waals surface area (Å²) in [4.78, 5) is 0.398. The fourth-order valence-electron chi connectivity index (χ4n) is 2.71. The molecule has 1 N–H and O–H groups in total. The summed E-state index contributed by atoms with van der Waals surface area (Å²) in [6.07, 6.45) is 5.92. The molecule has 1 heterocycles. The Morgan fingerprint density at radius 1 is 1.42 bits per heavy atom. The van der Waals surface area contributed by atoms with Gasteiger partial charge in [-0.2, -0.15) is 4.31 Å². The smallest absolute Gasteiger partial charge is 0.244 e. The minimum Gasteiger partial charge on any atom is -0.352 e. The van der Waals surface area contributed by atoms with E-state index in [1.54, 1.807) is 23.6 Å². The molecule has 0 aromatic carbocycles. The van der Waals surface area contributed by atoms with E-state index in [9.17, 15) is 8.42 Å². The topological polar surface area (TPSA) is 54.3 Å². The van der Waals surface area contributed by atoms with Crippen LogP contribution in [0.1, 0.15) is 31.4 Å². The predicted octanol–water partition coefficient (Wildman–Crippen LogP) is 1.31. The molecule has 6 heteroatoms. The van der Waals surface area contributed by atoms with Crippen molar-refractivity contribution in [3.05, 3.63) is 18.0 Å². The summed E-state index contributed by atoms with van der Waals surface area (Å²) in [6.45, 7) is 0.666. The Morgan fingerprint density at radius 2 is 2.05 bits per heavy atom. The molecule has 0 unspecified atom stereocenters. The summed E-state index contributed by atoms with van der Waals surface area (Å²) in [5.41, 5.74) is 0.973. The number of rotatable bonds is 5. The highest BCUT2D eigenvalue weighted by molar-refractivity contribution is 7.89. The van der Waals surface area contributed by atoms with Gasteiger partial charge in [0.05, 0.1) is 0 Å². The first-order valence-electron chi connectivity index (χ1n) is 6.74. The van der Waals surface area contributed by atoms with Crippen molar-refractivity contribution in [2.75, 3.05) is 14.1 Å². The molecule has 19 heavy (non-hydrogen) atoms. The SMILES string of the molecule is CNCc1cc(S(=O)(=O)N(C)C2CCCC2)cn1C. The molecular weight excluding hydrogens is 262 g/mol. The van der Waals surface area contributed by atoms with Gasteiger partial charge in [0.15, 0.2) is 0 Å². The fraction of sp³-hybridized carbons (Fsp3) is 0.692. The third-order valence-corrected chi connectivity index (χ3v) is 5.83. The summed E-state index contributed by atoms with van der Waals surface area (Å²) < 4.78 is 28.6. The van der Waals surface area contributed by atoms with Crippen LogP contribution in [0.25, 0.3) is 0 Å². The van der Waals surface area contributed by atoms with E-state index in [0.717, 1.165) is 31.4 Å². The van der Waals surface area contributed by atoms with Crippen LogP contribution in [0.15, 0.2) is 17.2 Å². The van der Waals surface area contributed by atoms with Crippen molar-refractivity contribution >= 4 is 10.0 Å². The van der Waals surface area contributed by atoms with Crippen LogP contribution in [0.2, 0.25) is 0 Å². The highest BCUT2D eigenvalue weighted by Crippen LogP contribution is 2.27. The van der Waals surface area contributed by atoms with E-state index in [0.29, 0.717) is 11.4 Å². The summed E-state index contributed by atoms with van der Waals surface area (Å²) in [7, 11) is 2.08. The second-order valence-corrected chi connectivity index (χ2v) is 7.27. The average Bonchev–Trinajstić information content (AvgIpc) is 2.99. The average molecular weight is 285 g/mol. The van der Waals surface area contributed by atoms with Crippen LogP contribution >= 0.6 is 0 Å². The molecule has 5 nitrogen and oxygen atoms in total. The first-order valence-corrected chi connectivity index (χ1v) is 8.18. The van der Waals surface area contributed by atoms with E-state index < -0.39 is 10.0 Å². The number of aromatic nitrogens is 1. The van der Waals surface area contributed by atoms with Gasteiger partial charge in [-0.05, 0) is 26.0 Å². The van der Waals surface area contributed by atoms with Gasteiger partial charge < -0.3 is 9.88 Å². The van der Waals surface area contributed by atoms with Gasteiger partial charge in [-0.3, -0.25) is 0 Å². The highest BCUT2D eigenvalue weighted by Gasteiger charge is 2.30. The van der Waals surface area contributed by atoms with E-state index in [1.807, 2.05) is 18.7 Å². The largest absolute Gasteiger partial charge is 0.352 e. The highest BCUT2D eigenvalue weighted by atomic mass is 32.2. The quantitative estimate of drug-likeness (QED) is 0.887. The number of hydrogen-bond donors (Lipinski definition) is 1. The molecule has 0 spiro atoms. The molecule has 1 saturated carbocycles. The molecule has 108 valence electrons. The van der Waals surface area contributed by atoms with Crippen molar-refractivity contribution in [2.24, 2.45) is 7.05 Å². The summed E-state index contributed by atoms with van der Waals surface area (Å²) >= 11 is 0. The Hall–Kier alpha value is -0.850. The third-order valence-electron chi connectivity index (χ3n) is 3.96. The van der Waals surface area contributed by atoms with E-state index >= 15 is 0 Å². The lowest BCUT2D eigenvalue weighted by molar-refractivity contribution is 0.373. The lowest BCUT2D eigenvalue weighted by atomic mass is 10.3. The van der Waals surface area contributed by atoms with Crippen LogP contribution in [-0.2, 0) is 23.6 Å². The first kappa shape index (κ1) is 14.6. The maximum atomic E-state index is 12.6. The first-order chi connectivity index (χ1) is 8.96. The number of aryl methyl sites for hydroxylation is 1. The molecule has 1 fully saturated rings. The van der Waals surface area contributed by atoms with Gasteiger partial charge >= 0.3 is 0 Å². The normalized spacial score (nSPS) is 17.5. The van der Waals surface area contributed by atoms with Gasteiger partial charge in [-0.25, -0.2) is 8.42 Å². The van der Waals surface area contributed by atoms with Crippen LogP contribution in [0.4, 0.5) is 0 Å². The Morgan fingerprint density at radius 3 is 2.63 bits per heavy atom. The molecule has 1 aliphatic rings. The van der Waals surface area contributed by atoms with Crippen molar-refractivity contribution in [3.63, 3.8) is 0 Å². The molecule has 0 bridgehead atoms. The van der Waals surface area contributed by atoms with Gasteiger partial charge in [0.2, 0.25) is 10.0 Å². The molecule has 1 aromatic heterocycles. The van der Waals surface area contributed by atoms with Gasteiger partial charge in [-0.15, -0.1) is 0 Å². The summed E-state index contributed by atoms with van der Waals surface area (Å²) in [6, 6.07) is 1.93. The van der Waals surface area contributed by atoms with Crippen molar-refractivity contribution in [1.82, 2.24) is 14.2 Å². The van der Waals surface area contributed by atoms with E-state index in [4.69, 9.17) is 0 Å². The van der Waals surface area contributed by atoms with Crippen molar-refractivity contribution in [2.45, 2.75) is 43.2 Å². The number of hydrogen-bond acceptors (Lipinski definition) is 3. The van der Waals surface area contributed by atoms with Gasteiger partial charge in [-0.1, -0.05) is 12.8 Å². The second kappa shape index (κ2) is 5.64. The van der Waals surface area contributed by atoms with Gasteiger partial charge in [0.1, 0.15) is 4.90 Å². The van der Waals surface area contributed by atoms with E-state index in [1.165, 1.54) is 0 Å². The third kappa shape index (κ3) is 2.85. The molecule has 1 aromatic rings. The molecule has 0 saturated heterocycles. The molecule has 0 amide bonds.